The third kappa shape index (κ3) is 3.81. The quantitative estimate of drug-likeness (QED) is 0.854. The van der Waals surface area contributed by atoms with Crippen LogP contribution in [0, 0.1) is 6.92 Å². The average Bonchev–Trinajstić information content (AvgIpc) is 2.45. The molecule has 5 heteroatoms. The first-order chi connectivity index (χ1) is 9.56. The van der Waals surface area contributed by atoms with E-state index < -0.39 is 6.10 Å². The maximum Gasteiger partial charge on any atom is 0.251 e. The molecule has 1 heterocycles. The first kappa shape index (κ1) is 14.5. The van der Waals surface area contributed by atoms with Crippen LogP contribution in [0.25, 0.3) is 0 Å². The van der Waals surface area contributed by atoms with Crippen LogP contribution in [-0.4, -0.2) is 47.6 Å². The van der Waals surface area contributed by atoms with Gasteiger partial charge in [-0.25, -0.2) is 0 Å². The monoisotopic (exact) mass is 276 g/mol. The van der Waals surface area contributed by atoms with Crippen molar-refractivity contribution >= 4 is 11.8 Å². The third-order valence-electron chi connectivity index (χ3n) is 3.46. The van der Waals surface area contributed by atoms with Crippen molar-refractivity contribution in [3.63, 3.8) is 0 Å². The van der Waals surface area contributed by atoms with Gasteiger partial charge in [-0.05, 0) is 31.9 Å². The minimum absolute atomic E-state index is 0.0283. The molecule has 0 spiro atoms. The Labute approximate surface area is 118 Å². The van der Waals surface area contributed by atoms with Crippen molar-refractivity contribution in [2.45, 2.75) is 25.9 Å². The molecule has 5 nitrogen and oxygen atoms in total. The highest BCUT2D eigenvalue weighted by Gasteiger charge is 2.22. The number of amides is 2. The zero-order valence-electron chi connectivity index (χ0n) is 11.6. The lowest BCUT2D eigenvalue weighted by molar-refractivity contribution is -0.133. The van der Waals surface area contributed by atoms with Gasteiger partial charge in [-0.1, -0.05) is 17.7 Å². The number of aliphatic hydroxyl groups is 1. The third-order valence-corrected chi connectivity index (χ3v) is 3.46. The van der Waals surface area contributed by atoms with Gasteiger partial charge < -0.3 is 15.3 Å². The smallest absolute Gasteiger partial charge is 0.251 e. The van der Waals surface area contributed by atoms with Crippen molar-refractivity contribution in [2.75, 3.05) is 19.6 Å². The minimum atomic E-state index is -0.444. The second kappa shape index (κ2) is 6.52. The number of hydrogen-bond donors (Lipinski definition) is 2. The summed E-state index contributed by atoms with van der Waals surface area (Å²) in [5.74, 6) is -0.403. The van der Waals surface area contributed by atoms with E-state index >= 15 is 0 Å². The van der Waals surface area contributed by atoms with Gasteiger partial charge >= 0.3 is 0 Å². The first-order valence-corrected chi connectivity index (χ1v) is 6.87. The standard InChI is InChI=1S/C15H20N2O3/c1-11-4-6-12(7-5-11)15(20)16-9-14(19)17-8-2-3-13(18)10-17/h4-7,13,18H,2-3,8-10H2,1H3,(H,16,20)/t13-/m0/s1. The summed E-state index contributed by atoms with van der Waals surface area (Å²) in [6.07, 6.45) is 1.10. The van der Waals surface area contributed by atoms with E-state index in [4.69, 9.17) is 0 Å². The van der Waals surface area contributed by atoms with E-state index in [2.05, 4.69) is 5.32 Å². The Balaban J connectivity index is 1.83. The van der Waals surface area contributed by atoms with E-state index in [-0.39, 0.29) is 18.4 Å². The molecule has 0 saturated carbocycles. The zero-order valence-corrected chi connectivity index (χ0v) is 11.6. The lowest BCUT2D eigenvalue weighted by atomic mass is 10.1. The predicted molar refractivity (Wildman–Crippen MR) is 75.3 cm³/mol. The molecule has 0 radical (unpaired) electrons. The van der Waals surface area contributed by atoms with Crippen LogP contribution in [0.15, 0.2) is 24.3 Å². The fourth-order valence-electron chi connectivity index (χ4n) is 2.26. The van der Waals surface area contributed by atoms with Crippen LogP contribution in [0.3, 0.4) is 0 Å². The van der Waals surface area contributed by atoms with Gasteiger partial charge in [0.1, 0.15) is 0 Å². The minimum Gasteiger partial charge on any atom is -0.391 e. The summed E-state index contributed by atoms with van der Waals surface area (Å²) >= 11 is 0. The van der Waals surface area contributed by atoms with Crippen molar-refractivity contribution in [3.05, 3.63) is 35.4 Å². The molecular formula is C15H20N2O3. The summed E-state index contributed by atoms with van der Waals surface area (Å²) in [5.41, 5.74) is 1.63. The highest BCUT2D eigenvalue weighted by molar-refractivity contribution is 5.96. The van der Waals surface area contributed by atoms with E-state index in [1.807, 2.05) is 19.1 Å². The number of piperidine rings is 1. The van der Waals surface area contributed by atoms with Crippen LogP contribution in [0.4, 0.5) is 0 Å². The fourth-order valence-corrected chi connectivity index (χ4v) is 2.26. The molecule has 1 atom stereocenters. The molecule has 108 valence electrons. The van der Waals surface area contributed by atoms with Crippen LogP contribution in [0.2, 0.25) is 0 Å². The topological polar surface area (TPSA) is 69.6 Å². The van der Waals surface area contributed by atoms with E-state index in [1.165, 1.54) is 0 Å². The molecule has 0 aromatic heterocycles. The molecule has 2 N–H and O–H groups in total. The lowest BCUT2D eigenvalue weighted by Crippen LogP contribution is -2.46. The van der Waals surface area contributed by atoms with Crippen molar-refractivity contribution in [1.82, 2.24) is 10.2 Å². The Bertz CT molecular complexity index is 484. The number of nitrogens with one attached hydrogen (secondary N) is 1. The van der Waals surface area contributed by atoms with Crippen LogP contribution >= 0.6 is 0 Å². The lowest BCUT2D eigenvalue weighted by Gasteiger charge is -2.30. The maximum atomic E-state index is 11.9. The SMILES string of the molecule is Cc1ccc(C(=O)NCC(=O)N2CCC[C@H](O)C2)cc1. The van der Waals surface area contributed by atoms with Crippen molar-refractivity contribution < 1.29 is 14.7 Å². The molecule has 1 aromatic rings. The summed E-state index contributed by atoms with van der Waals surface area (Å²) in [6.45, 7) is 2.93. The maximum absolute atomic E-state index is 11.9. The normalized spacial score (nSPS) is 18.7. The number of carbonyl (C=O) groups is 2. The Morgan fingerprint density at radius 3 is 2.70 bits per heavy atom. The molecule has 1 aliphatic rings. The van der Waals surface area contributed by atoms with Gasteiger partial charge in [0.25, 0.3) is 5.91 Å². The van der Waals surface area contributed by atoms with Crippen molar-refractivity contribution in [3.8, 4) is 0 Å². The van der Waals surface area contributed by atoms with Crippen LogP contribution < -0.4 is 5.32 Å². The number of aryl methyl sites for hydroxylation is 1. The van der Waals surface area contributed by atoms with E-state index in [0.717, 1.165) is 18.4 Å². The summed E-state index contributed by atoms with van der Waals surface area (Å²) in [4.78, 5) is 25.4. The molecule has 20 heavy (non-hydrogen) atoms. The number of likely N-dealkylation sites (tertiary alicyclic amines) is 1. The Morgan fingerprint density at radius 1 is 1.35 bits per heavy atom. The number of β-amino-alcohol motifs (C(OH)–C–C–N with tert-alkyl or cyclic N) is 1. The summed E-state index contributed by atoms with van der Waals surface area (Å²) in [6, 6.07) is 7.19. The Kier molecular flexibility index (Phi) is 4.74. The van der Waals surface area contributed by atoms with Gasteiger partial charge in [0.15, 0.2) is 0 Å². The van der Waals surface area contributed by atoms with Gasteiger partial charge in [-0.15, -0.1) is 0 Å². The zero-order chi connectivity index (χ0) is 14.5. The summed E-state index contributed by atoms with van der Waals surface area (Å²) < 4.78 is 0. The molecule has 1 saturated heterocycles. The summed E-state index contributed by atoms with van der Waals surface area (Å²) in [7, 11) is 0. The van der Waals surface area contributed by atoms with E-state index in [1.54, 1.807) is 17.0 Å². The Morgan fingerprint density at radius 2 is 2.05 bits per heavy atom. The molecule has 0 aliphatic carbocycles. The van der Waals surface area contributed by atoms with Gasteiger partial charge in [-0.3, -0.25) is 9.59 Å². The van der Waals surface area contributed by atoms with E-state index in [9.17, 15) is 14.7 Å². The van der Waals surface area contributed by atoms with Gasteiger partial charge in [0, 0.05) is 18.7 Å². The first-order valence-electron chi connectivity index (χ1n) is 6.87. The second-order valence-electron chi connectivity index (χ2n) is 5.18. The average molecular weight is 276 g/mol. The number of hydrogen-bond acceptors (Lipinski definition) is 3. The number of carbonyl (C=O) groups excluding carboxylic acids is 2. The van der Waals surface area contributed by atoms with Gasteiger partial charge in [0.2, 0.25) is 5.91 Å². The number of rotatable bonds is 3. The van der Waals surface area contributed by atoms with Crippen LogP contribution in [0.5, 0.6) is 0 Å². The molecule has 1 aliphatic heterocycles. The predicted octanol–water partition coefficient (Wildman–Crippen LogP) is 0.708. The summed E-state index contributed by atoms with van der Waals surface area (Å²) in [5, 5.41) is 12.1. The fraction of sp³-hybridized carbons (Fsp3) is 0.467. The van der Waals surface area contributed by atoms with Crippen molar-refractivity contribution in [2.24, 2.45) is 0 Å². The molecule has 1 aromatic carbocycles. The van der Waals surface area contributed by atoms with E-state index in [0.29, 0.717) is 18.7 Å². The van der Waals surface area contributed by atoms with Gasteiger partial charge in [-0.2, -0.15) is 0 Å². The molecule has 2 amide bonds. The van der Waals surface area contributed by atoms with Crippen molar-refractivity contribution in [1.29, 1.82) is 0 Å². The largest absolute Gasteiger partial charge is 0.391 e. The molecule has 1 fully saturated rings. The molecule has 0 bridgehead atoms. The molecular weight excluding hydrogens is 256 g/mol. The highest BCUT2D eigenvalue weighted by atomic mass is 16.3. The highest BCUT2D eigenvalue weighted by Crippen LogP contribution is 2.09. The van der Waals surface area contributed by atoms with Crippen LogP contribution in [0.1, 0.15) is 28.8 Å². The van der Waals surface area contributed by atoms with Gasteiger partial charge in [0.05, 0.1) is 12.6 Å². The van der Waals surface area contributed by atoms with Crippen LogP contribution in [-0.2, 0) is 4.79 Å². The molecule has 2 rings (SSSR count). The second-order valence-corrected chi connectivity index (χ2v) is 5.18. The number of nitrogens with zero attached hydrogens (tertiary/aromatic N) is 1. The number of benzene rings is 1. The molecule has 0 unspecified atom stereocenters. The number of aliphatic hydroxyl groups excluding tert-OH is 1. The Hall–Kier alpha value is -1.88.